The third-order valence-electron chi connectivity index (χ3n) is 3.19. The summed E-state index contributed by atoms with van der Waals surface area (Å²) in [5.41, 5.74) is -1.09. The number of anilines is 1. The van der Waals surface area contributed by atoms with Crippen molar-refractivity contribution in [3.05, 3.63) is 47.5 Å². The van der Waals surface area contributed by atoms with Crippen LogP contribution in [0.5, 0.6) is 11.5 Å². The summed E-state index contributed by atoms with van der Waals surface area (Å²) >= 11 is 0. The molecule has 0 amide bonds. The first-order valence-electron chi connectivity index (χ1n) is 6.67. The molecule has 10 heteroatoms. The van der Waals surface area contributed by atoms with E-state index in [4.69, 9.17) is 9.47 Å². The zero-order valence-electron chi connectivity index (χ0n) is 13.0. The van der Waals surface area contributed by atoms with Crippen LogP contribution in [0.4, 0.5) is 14.5 Å². The molecule has 0 aliphatic rings. The fraction of sp³-hybridized carbons (Fsp3) is 0.133. The van der Waals surface area contributed by atoms with Crippen LogP contribution >= 0.6 is 0 Å². The number of hydrogen-bond donors (Lipinski definition) is 2. The molecule has 0 aliphatic heterocycles. The summed E-state index contributed by atoms with van der Waals surface area (Å²) in [7, 11) is -2.03. The van der Waals surface area contributed by atoms with Gasteiger partial charge in [0.25, 0.3) is 10.0 Å². The van der Waals surface area contributed by atoms with E-state index in [1.54, 1.807) is 0 Å². The van der Waals surface area contributed by atoms with E-state index in [1.165, 1.54) is 14.2 Å². The first-order chi connectivity index (χ1) is 11.7. The highest BCUT2D eigenvalue weighted by Gasteiger charge is 2.25. The Balaban J connectivity index is 2.57. The molecule has 0 aromatic heterocycles. The second-order valence-corrected chi connectivity index (χ2v) is 6.40. The number of nitrogens with one attached hydrogen (secondary N) is 1. The summed E-state index contributed by atoms with van der Waals surface area (Å²) in [6.45, 7) is 0. The van der Waals surface area contributed by atoms with Crippen LogP contribution in [-0.4, -0.2) is 33.7 Å². The van der Waals surface area contributed by atoms with E-state index in [0.717, 1.165) is 30.3 Å². The van der Waals surface area contributed by atoms with Crippen molar-refractivity contribution in [2.24, 2.45) is 0 Å². The number of rotatable bonds is 6. The zero-order chi connectivity index (χ0) is 18.8. The molecular formula is C15H13F2NO6S. The van der Waals surface area contributed by atoms with E-state index in [9.17, 15) is 27.1 Å². The summed E-state index contributed by atoms with van der Waals surface area (Å²) in [6.07, 6.45) is 0. The number of methoxy groups -OCH3 is 2. The van der Waals surface area contributed by atoms with Gasteiger partial charge in [-0.05, 0) is 18.2 Å². The highest BCUT2D eigenvalue weighted by Crippen LogP contribution is 2.35. The second-order valence-electron chi connectivity index (χ2n) is 4.72. The average molecular weight is 373 g/mol. The molecule has 0 saturated carbocycles. The highest BCUT2D eigenvalue weighted by molar-refractivity contribution is 7.92. The molecule has 2 rings (SSSR count). The first kappa shape index (κ1) is 18.5. The summed E-state index contributed by atoms with van der Waals surface area (Å²) in [5, 5.41) is 9.22. The van der Waals surface area contributed by atoms with E-state index in [1.807, 2.05) is 4.72 Å². The fourth-order valence-corrected chi connectivity index (χ4v) is 3.14. The Bertz CT molecular complexity index is 930. The smallest absolute Gasteiger partial charge is 0.339 e. The molecule has 0 radical (unpaired) electrons. The summed E-state index contributed by atoms with van der Waals surface area (Å²) in [5.74, 6) is -4.40. The normalized spacial score (nSPS) is 11.0. The lowest BCUT2D eigenvalue weighted by atomic mass is 10.2. The second kappa shape index (κ2) is 6.93. The lowest BCUT2D eigenvalue weighted by Crippen LogP contribution is -2.16. The van der Waals surface area contributed by atoms with Crippen molar-refractivity contribution >= 4 is 21.7 Å². The molecule has 0 fully saturated rings. The SMILES string of the molecule is COc1cc(S(=O)(=O)Nc2cccc(F)c2F)cc(C(=O)O)c1OC. The van der Waals surface area contributed by atoms with Crippen molar-refractivity contribution < 1.29 is 36.6 Å². The molecule has 0 aliphatic carbocycles. The number of aromatic carboxylic acids is 1. The summed E-state index contributed by atoms with van der Waals surface area (Å²) in [4.78, 5) is 10.8. The Morgan fingerprint density at radius 2 is 1.84 bits per heavy atom. The van der Waals surface area contributed by atoms with Gasteiger partial charge in [0.05, 0.1) is 24.8 Å². The van der Waals surface area contributed by atoms with Crippen LogP contribution in [0.2, 0.25) is 0 Å². The van der Waals surface area contributed by atoms with Gasteiger partial charge in [-0.3, -0.25) is 4.72 Å². The summed E-state index contributed by atoms with van der Waals surface area (Å²) < 4.78 is 63.5. The van der Waals surface area contributed by atoms with Gasteiger partial charge in [0.15, 0.2) is 23.1 Å². The molecule has 0 spiro atoms. The number of carbonyl (C=O) groups is 1. The van der Waals surface area contributed by atoms with Gasteiger partial charge in [0.1, 0.15) is 5.56 Å². The minimum absolute atomic E-state index is 0.150. The Morgan fingerprint density at radius 1 is 1.16 bits per heavy atom. The van der Waals surface area contributed by atoms with Gasteiger partial charge in [-0.15, -0.1) is 0 Å². The van der Waals surface area contributed by atoms with Crippen LogP contribution < -0.4 is 14.2 Å². The van der Waals surface area contributed by atoms with Crippen molar-refractivity contribution in [1.82, 2.24) is 0 Å². The molecule has 0 unspecified atom stereocenters. The number of ether oxygens (including phenoxy) is 2. The number of carboxylic acids is 1. The van der Waals surface area contributed by atoms with Crippen LogP contribution in [0.3, 0.4) is 0 Å². The average Bonchev–Trinajstić information content (AvgIpc) is 2.57. The zero-order valence-corrected chi connectivity index (χ0v) is 13.9. The fourth-order valence-electron chi connectivity index (χ4n) is 2.04. The Hall–Kier alpha value is -2.88. The molecule has 0 bridgehead atoms. The minimum atomic E-state index is -4.42. The van der Waals surface area contributed by atoms with Gasteiger partial charge in [-0.1, -0.05) is 6.07 Å². The number of hydrogen-bond acceptors (Lipinski definition) is 5. The molecule has 2 aromatic carbocycles. The number of carboxylic acid groups (broad SMARTS) is 1. The molecule has 2 N–H and O–H groups in total. The van der Waals surface area contributed by atoms with E-state index in [-0.39, 0.29) is 11.5 Å². The van der Waals surface area contributed by atoms with Gasteiger partial charge >= 0.3 is 5.97 Å². The van der Waals surface area contributed by atoms with Crippen molar-refractivity contribution in [3.63, 3.8) is 0 Å². The van der Waals surface area contributed by atoms with E-state index >= 15 is 0 Å². The lowest BCUT2D eigenvalue weighted by Gasteiger charge is -2.14. The van der Waals surface area contributed by atoms with Crippen LogP contribution in [0.1, 0.15) is 10.4 Å². The van der Waals surface area contributed by atoms with Gasteiger partial charge in [-0.2, -0.15) is 0 Å². The molecule has 2 aromatic rings. The van der Waals surface area contributed by atoms with Crippen molar-refractivity contribution in [3.8, 4) is 11.5 Å². The molecule has 7 nitrogen and oxygen atoms in total. The van der Waals surface area contributed by atoms with Crippen molar-refractivity contribution in [2.75, 3.05) is 18.9 Å². The number of halogens is 2. The van der Waals surface area contributed by atoms with Gasteiger partial charge in [0, 0.05) is 6.07 Å². The van der Waals surface area contributed by atoms with E-state index in [2.05, 4.69) is 0 Å². The maximum atomic E-state index is 13.7. The van der Waals surface area contributed by atoms with Gasteiger partial charge in [-0.25, -0.2) is 22.0 Å². The molecule has 0 heterocycles. The molecule has 25 heavy (non-hydrogen) atoms. The molecule has 0 saturated heterocycles. The standard InChI is InChI=1S/C15H13F2NO6S/c1-23-12-7-8(6-9(15(19)20)14(12)24-2)25(21,22)18-11-5-3-4-10(16)13(11)17/h3-7,18H,1-2H3,(H,19,20). The van der Waals surface area contributed by atoms with Gasteiger partial charge < -0.3 is 14.6 Å². The van der Waals surface area contributed by atoms with Crippen LogP contribution in [0, 0.1) is 11.6 Å². The Labute approximate surface area is 141 Å². The first-order valence-corrected chi connectivity index (χ1v) is 8.15. The van der Waals surface area contributed by atoms with Crippen molar-refractivity contribution in [2.45, 2.75) is 4.90 Å². The van der Waals surface area contributed by atoms with Crippen LogP contribution in [0.15, 0.2) is 35.2 Å². The quantitative estimate of drug-likeness (QED) is 0.807. The third-order valence-corrected chi connectivity index (χ3v) is 4.53. The maximum absolute atomic E-state index is 13.7. The predicted molar refractivity (Wildman–Crippen MR) is 83.7 cm³/mol. The molecule has 0 atom stereocenters. The van der Waals surface area contributed by atoms with Gasteiger partial charge in [0.2, 0.25) is 0 Å². The van der Waals surface area contributed by atoms with E-state index in [0.29, 0.717) is 0 Å². The summed E-state index contributed by atoms with van der Waals surface area (Å²) in [6, 6.07) is 4.79. The van der Waals surface area contributed by atoms with Crippen LogP contribution in [0.25, 0.3) is 0 Å². The van der Waals surface area contributed by atoms with E-state index < -0.39 is 43.8 Å². The maximum Gasteiger partial charge on any atom is 0.339 e. The third kappa shape index (κ3) is 3.63. The Kier molecular flexibility index (Phi) is 5.12. The highest BCUT2D eigenvalue weighted by atomic mass is 32.2. The minimum Gasteiger partial charge on any atom is -0.493 e. The predicted octanol–water partition coefficient (Wildman–Crippen LogP) is 2.48. The lowest BCUT2D eigenvalue weighted by molar-refractivity contribution is 0.0692. The molecule has 134 valence electrons. The number of benzene rings is 2. The Morgan fingerprint density at radius 3 is 2.40 bits per heavy atom. The van der Waals surface area contributed by atoms with Crippen LogP contribution in [-0.2, 0) is 10.0 Å². The largest absolute Gasteiger partial charge is 0.493 e. The van der Waals surface area contributed by atoms with Crippen molar-refractivity contribution in [1.29, 1.82) is 0 Å². The number of sulfonamides is 1. The monoisotopic (exact) mass is 373 g/mol. The topological polar surface area (TPSA) is 102 Å². The molecular weight excluding hydrogens is 360 g/mol.